The van der Waals surface area contributed by atoms with Crippen molar-refractivity contribution in [3.8, 4) is 10.8 Å². The van der Waals surface area contributed by atoms with Crippen molar-refractivity contribution in [2.75, 3.05) is 0 Å². The molecule has 0 fully saturated rings. The number of rotatable bonds is 4. The largest absolute Gasteiger partial charge is 0.455 e. The number of esters is 1. The molecule has 3 aromatic rings. The molecular weight excluding hydrogens is 312 g/mol. The van der Waals surface area contributed by atoms with E-state index in [4.69, 9.17) is 20.8 Å². The summed E-state index contributed by atoms with van der Waals surface area (Å²) in [4.78, 5) is 20.8. The molecule has 7 heteroatoms. The van der Waals surface area contributed by atoms with Gasteiger partial charge in [0, 0.05) is 6.20 Å². The second kappa shape index (κ2) is 6.07. The molecule has 0 saturated heterocycles. The van der Waals surface area contributed by atoms with E-state index in [-0.39, 0.29) is 11.8 Å². The van der Waals surface area contributed by atoms with E-state index >= 15 is 0 Å². The summed E-state index contributed by atoms with van der Waals surface area (Å²) in [5, 5.41) is 2.18. The maximum absolute atomic E-state index is 11.8. The first-order valence-electron chi connectivity index (χ1n) is 5.99. The van der Waals surface area contributed by atoms with Crippen molar-refractivity contribution in [2.24, 2.45) is 0 Å². The second-order valence-corrected chi connectivity index (χ2v) is 5.40. The third kappa shape index (κ3) is 3.29. The summed E-state index contributed by atoms with van der Waals surface area (Å²) in [5.74, 6) is 0.0305. The van der Waals surface area contributed by atoms with Crippen molar-refractivity contribution >= 4 is 28.9 Å². The Labute approximate surface area is 129 Å². The van der Waals surface area contributed by atoms with Crippen molar-refractivity contribution in [2.45, 2.75) is 6.61 Å². The van der Waals surface area contributed by atoms with Crippen molar-refractivity contribution in [1.82, 2.24) is 9.97 Å². The third-order valence-electron chi connectivity index (χ3n) is 2.60. The van der Waals surface area contributed by atoms with Crippen LogP contribution < -0.4 is 0 Å². The minimum atomic E-state index is -0.486. The lowest BCUT2D eigenvalue weighted by atomic mass is 10.3. The van der Waals surface area contributed by atoms with Gasteiger partial charge >= 0.3 is 5.97 Å². The Kier molecular flexibility index (Phi) is 3.98. The zero-order chi connectivity index (χ0) is 14.7. The Hall–Kier alpha value is -2.18. The molecule has 0 radical (unpaired) electrons. The lowest BCUT2D eigenvalue weighted by Gasteiger charge is -2.02. The molecule has 0 aliphatic carbocycles. The molecule has 0 unspecified atom stereocenters. The third-order valence-corrected chi connectivity index (χ3v) is 3.66. The Morgan fingerprint density at radius 3 is 3.10 bits per heavy atom. The lowest BCUT2D eigenvalue weighted by Crippen LogP contribution is -2.05. The van der Waals surface area contributed by atoms with Crippen LogP contribution in [0.3, 0.4) is 0 Å². The highest BCUT2D eigenvalue weighted by molar-refractivity contribution is 7.13. The molecule has 5 nitrogen and oxygen atoms in total. The van der Waals surface area contributed by atoms with Gasteiger partial charge in [-0.2, -0.15) is 0 Å². The van der Waals surface area contributed by atoms with Crippen LogP contribution in [0.1, 0.15) is 16.1 Å². The van der Waals surface area contributed by atoms with Gasteiger partial charge < -0.3 is 9.15 Å². The number of aromatic nitrogens is 2. The molecule has 3 rings (SSSR count). The Bertz CT molecular complexity index is 755. The monoisotopic (exact) mass is 320 g/mol. The molecule has 0 atom stereocenters. The van der Waals surface area contributed by atoms with Gasteiger partial charge in [-0.25, -0.2) is 14.8 Å². The number of pyridine rings is 1. The summed E-state index contributed by atoms with van der Waals surface area (Å²) in [6.07, 6.45) is 2.92. The van der Waals surface area contributed by atoms with E-state index in [9.17, 15) is 4.79 Å². The summed E-state index contributed by atoms with van der Waals surface area (Å²) < 4.78 is 10.5. The van der Waals surface area contributed by atoms with Crippen LogP contribution in [0.2, 0.25) is 5.15 Å². The van der Waals surface area contributed by atoms with Gasteiger partial charge in [0.25, 0.3) is 0 Å². The van der Waals surface area contributed by atoms with Crippen LogP contribution in [0, 0.1) is 0 Å². The smallest absolute Gasteiger partial charge is 0.338 e. The molecular formula is C14H9ClN2O3S. The summed E-state index contributed by atoms with van der Waals surface area (Å²) >= 11 is 7.25. The minimum absolute atomic E-state index is 0.0354. The highest BCUT2D eigenvalue weighted by Crippen LogP contribution is 2.23. The van der Waals surface area contributed by atoms with Crippen LogP contribution >= 0.6 is 22.9 Å². The summed E-state index contributed by atoms with van der Waals surface area (Å²) in [7, 11) is 0. The average Bonchev–Trinajstić information content (AvgIpc) is 3.15. The zero-order valence-electron chi connectivity index (χ0n) is 10.7. The predicted octanol–water partition coefficient (Wildman–Crippen LogP) is 3.81. The van der Waals surface area contributed by atoms with Gasteiger partial charge in [-0.15, -0.1) is 11.3 Å². The first-order valence-corrected chi connectivity index (χ1v) is 7.25. The molecule has 21 heavy (non-hydrogen) atoms. The standard InChI is InChI=1S/C14H9ClN2O3S/c15-12-6-9(3-4-16-12)14(18)20-8-10-7-19-13(17-10)11-2-1-5-21-11/h1-7H,8H2. The zero-order valence-corrected chi connectivity index (χ0v) is 12.2. The molecule has 3 aromatic heterocycles. The quantitative estimate of drug-likeness (QED) is 0.540. The predicted molar refractivity (Wildman–Crippen MR) is 78.2 cm³/mol. The van der Waals surface area contributed by atoms with Crippen molar-refractivity contribution in [3.05, 3.63) is 58.5 Å². The first kappa shape index (κ1) is 13.8. The fourth-order valence-corrected chi connectivity index (χ4v) is 2.47. The fourth-order valence-electron chi connectivity index (χ4n) is 1.64. The Morgan fingerprint density at radius 1 is 1.43 bits per heavy atom. The topological polar surface area (TPSA) is 65.2 Å². The number of thiophene rings is 1. The maximum atomic E-state index is 11.8. The number of carbonyl (C=O) groups excluding carboxylic acids is 1. The molecule has 0 N–H and O–H groups in total. The molecule has 106 valence electrons. The van der Waals surface area contributed by atoms with Gasteiger partial charge in [0.1, 0.15) is 23.7 Å². The van der Waals surface area contributed by atoms with Crippen molar-refractivity contribution in [3.63, 3.8) is 0 Å². The molecule has 0 bridgehead atoms. The van der Waals surface area contributed by atoms with Crippen LogP contribution in [-0.2, 0) is 11.3 Å². The number of hydrogen-bond acceptors (Lipinski definition) is 6. The summed E-state index contributed by atoms with van der Waals surface area (Å²) in [5.41, 5.74) is 0.892. The molecule has 0 saturated carbocycles. The number of carbonyl (C=O) groups is 1. The number of hydrogen-bond donors (Lipinski definition) is 0. The van der Waals surface area contributed by atoms with Gasteiger partial charge in [0.2, 0.25) is 5.89 Å². The molecule has 0 aliphatic heterocycles. The fraction of sp³-hybridized carbons (Fsp3) is 0.0714. The van der Waals surface area contributed by atoms with E-state index in [1.807, 2.05) is 17.5 Å². The van der Waals surface area contributed by atoms with Crippen LogP contribution in [0.15, 0.2) is 46.5 Å². The van der Waals surface area contributed by atoms with Crippen molar-refractivity contribution in [1.29, 1.82) is 0 Å². The van der Waals surface area contributed by atoms with E-state index in [0.29, 0.717) is 17.1 Å². The number of ether oxygens (including phenoxy) is 1. The molecule has 3 heterocycles. The molecule has 0 amide bonds. The second-order valence-electron chi connectivity index (χ2n) is 4.06. The lowest BCUT2D eigenvalue weighted by molar-refractivity contribution is 0.0467. The SMILES string of the molecule is O=C(OCc1coc(-c2cccs2)n1)c1ccnc(Cl)c1. The van der Waals surface area contributed by atoms with E-state index < -0.39 is 5.97 Å². The van der Waals surface area contributed by atoms with Gasteiger partial charge in [-0.05, 0) is 23.6 Å². The van der Waals surface area contributed by atoms with E-state index in [1.54, 1.807) is 0 Å². The number of oxazole rings is 1. The van der Waals surface area contributed by atoms with E-state index in [1.165, 1.54) is 35.9 Å². The van der Waals surface area contributed by atoms with Gasteiger partial charge in [-0.1, -0.05) is 17.7 Å². The highest BCUT2D eigenvalue weighted by atomic mass is 35.5. The van der Waals surface area contributed by atoms with Crippen LogP contribution in [0.4, 0.5) is 0 Å². The van der Waals surface area contributed by atoms with Crippen LogP contribution in [-0.4, -0.2) is 15.9 Å². The van der Waals surface area contributed by atoms with Gasteiger partial charge in [0.05, 0.1) is 10.4 Å². The maximum Gasteiger partial charge on any atom is 0.338 e. The van der Waals surface area contributed by atoms with Gasteiger partial charge in [-0.3, -0.25) is 0 Å². The Morgan fingerprint density at radius 2 is 2.33 bits per heavy atom. The number of nitrogens with zero attached hydrogens (tertiary/aromatic N) is 2. The summed E-state index contributed by atoms with van der Waals surface area (Å²) in [6, 6.07) is 6.81. The highest BCUT2D eigenvalue weighted by Gasteiger charge is 2.11. The van der Waals surface area contributed by atoms with Crippen LogP contribution in [0.5, 0.6) is 0 Å². The van der Waals surface area contributed by atoms with Crippen molar-refractivity contribution < 1.29 is 13.9 Å². The first-order chi connectivity index (χ1) is 10.2. The molecule has 0 aliphatic rings. The van der Waals surface area contributed by atoms with E-state index in [0.717, 1.165) is 4.88 Å². The molecule has 0 spiro atoms. The van der Waals surface area contributed by atoms with E-state index in [2.05, 4.69) is 9.97 Å². The van der Waals surface area contributed by atoms with Gasteiger partial charge in [0.15, 0.2) is 0 Å². The summed E-state index contributed by atoms with van der Waals surface area (Å²) in [6.45, 7) is 0.0354. The van der Waals surface area contributed by atoms with Crippen LogP contribution in [0.25, 0.3) is 10.8 Å². The molecule has 0 aromatic carbocycles. The minimum Gasteiger partial charge on any atom is -0.455 e. The normalized spacial score (nSPS) is 10.5. The Balaban J connectivity index is 1.64. The average molecular weight is 321 g/mol. The number of halogens is 1.